The van der Waals surface area contributed by atoms with Crippen molar-refractivity contribution in [3.8, 4) is 5.75 Å². The molecular formula is C25H21FN2O3S. The van der Waals surface area contributed by atoms with Gasteiger partial charge in [0.1, 0.15) is 11.6 Å². The first-order valence-corrected chi connectivity index (χ1v) is 11.3. The van der Waals surface area contributed by atoms with E-state index >= 15 is 0 Å². The lowest BCUT2D eigenvalue weighted by Gasteiger charge is -2.33. The van der Waals surface area contributed by atoms with Crippen LogP contribution in [0.25, 0.3) is 0 Å². The number of methoxy groups -OCH3 is 1. The van der Waals surface area contributed by atoms with Crippen LogP contribution in [-0.2, 0) is 16.2 Å². The summed E-state index contributed by atoms with van der Waals surface area (Å²) >= 11 is 1.46. The number of thioether (sulfide) groups is 1. The Bertz CT molecular complexity index is 1220. The van der Waals surface area contributed by atoms with Crippen LogP contribution < -0.4 is 9.64 Å². The molecule has 1 fully saturated rings. The van der Waals surface area contributed by atoms with Crippen molar-refractivity contribution in [1.82, 2.24) is 4.90 Å². The molecule has 5 nitrogen and oxygen atoms in total. The van der Waals surface area contributed by atoms with Gasteiger partial charge in [-0.25, -0.2) is 4.39 Å². The summed E-state index contributed by atoms with van der Waals surface area (Å²) in [6, 6.07) is 20.8. The SMILES string of the molecule is COc1cccc(CN2C(=O)[C@]3(SCCN3C(=O)c3cccc(F)c3)c3ccccc32)c1. The van der Waals surface area contributed by atoms with Gasteiger partial charge in [0.2, 0.25) is 0 Å². The van der Waals surface area contributed by atoms with E-state index in [0.29, 0.717) is 18.8 Å². The number of para-hydroxylation sites is 1. The summed E-state index contributed by atoms with van der Waals surface area (Å²) in [5, 5.41) is 0. The molecule has 7 heteroatoms. The maximum absolute atomic E-state index is 14.0. The van der Waals surface area contributed by atoms with Crippen LogP contribution in [0.3, 0.4) is 0 Å². The van der Waals surface area contributed by atoms with Gasteiger partial charge < -0.3 is 14.5 Å². The summed E-state index contributed by atoms with van der Waals surface area (Å²) in [5.74, 6) is 0.355. The second-order valence-corrected chi connectivity index (χ2v) is 9.01. The number of nitrogens with zero attached hydrogens (tertiary/aromatic N) is 2. The van der Waals surface area contributed by atoms with Crippen molar-refractivity contribution in [2.75, 3.05) is 24.3 Å². The number of rotatable bonds is 4. The maximum atomic E-state index is 14.0. The first-order valence-electron chi connectivity index (χ1n) is 10.3. The third-order valence-electron chi connectivity index (χ3n) is 5.89. The molecule has 0 aromatic heterocycles. The molecule has 0 N–H and O–H groups in total. The van der Waals surface area contributed by atoms with Gasteiger partial charge in [0.25, 0.3) is 11.8 Å². The molecule has 1 spiro atoms. The number of benzene rings is 3. The predicted octanol–water partition coefficient (Wildman–Crippen LogP) is 4.42. The summed E-state index contributed by atoms with van der Waals surface area (Å²) in [4.78, 5) is 29.6. The Morgan fingerprint density at radius 1 is 1.09 bits per heavy atom. The van der Waals surface area contributed by atoms with Crippen molar-refractivity contribution in [2.45, 2.75) is 11.4 Å². The first kappa shape index (κ1) is 20.6. The molecule has 1 saturated heterocycles. The van der Waals surface area contributed by atoms with Crippen LogP contribution >= 0.6 is 11.8 Å². The summed E-state index contributed by atoms with van der Waals surface area (Å²) in [6.07, 6.45) is 0. The number of amides is 2. The van der Waals surface area contributed by atoms with Gasteiger partial charge in [-0.3, -0.25) is 9.59 Å². The number of hydrogen-bond acceptors (Lipinski definition) is 4. The topological polar surface area (TPSA) is 49.9 Å². The molecule has 162 valence electrons. The summed E-state index contributed by atoms with van der Waals surface area (Å²) in [7, 11) is 1.61. The Balaban J connectivity index is 1.56. The largest absolute Gasteiger partial charge is 0.497 e. The fraction of sp³-hybridized carbons (Fsp3) is 0.200. The lowest BCUT2D eigenvalue weighted by molar-refractivity contribution is -0.123. The second-order valence-electron chi connectivity index (χ2n) is 7.72. The van der Waals surface area contributed by atoms with E-state index in [1.165, 1.54) is 30.0 Å². The van der Waals surface area contributed by atoms with Gasteiger partial charge in [-0.15, -0.1) is 11.8 Å². The Hall–Kier alpha value is -3.32. The van der Waals surface area contributed by atoms with Gasteiger partial charge in [-0.2, -0.15) is 0 Å². The predicted molar refractivity (Wildman–Crippen MR) is 122 cm³/mol. The molecule has 0 radical (unpaired) electrons. The normalized spacial score (nSPS) is 19.5. The van der Waals surface area contributed by atoms with Crippen molar-refractivity contribution in [1.29, 1.82) is 0 Å². The Labute approximate surface area is 189 Å². The zero-order chi connectivity index (χ0) is 22.3. The molecule has 5 rings (SSSR count). The van der Waals surface area contributed by atoms with Gasteiger partial charge in [0.15, 0.2) is 4.87 Å². The fourth-order valence-corrected chi connectivity index (χ4v) is 5.92. The number of fused-ring (bicyclic) bond motifs is 2. The van der Waals surface area contributed by atoms with Crippen molar-refractivity contribution < 1.29 is 18.7 Å². The van der Waals surface area contributed by atoms with Crippen LogP contribution in [0.5, 0.6) is 5.75 Å². The monoisotopic (exact) mass is 448 g/mol. The van der Waals surface area contributed by atoms with Gasteiger partial charge in [-0.1, -0.05) is 36.4 Å². The average Bonchev–Trinajstić information content (AvgIpc) is 3.36. The molecule has 0 aliphatic carbocycles. The third kappa shape index (κ3) is 3.15. The number of carbonyl (C=O) groups is 2. The Kier molecular flexibility index (Phi) is 5.13. The molecule has 3 aromatic rings. The summed E-state index contributed by atoms with van der Waals surface area (Å²) in [5.41, 5.74) is 2.74. The van der Waals surface area contributed by atoms with E-state index in [1.807, 2.05) is 48.5 Å². The van der Waals surface area contributed by atoms with Gasteiger partial charge in [0.05, 0.1) is 19.3 Å². The molecule has 32 heavy (non-hydrogen) atoms. The highest BCUT2D eigenvalue weighted by Crippen LogP contribution is 2.54. The van der Waals surface area contributed by atoms with E-state index in [4.69, 9.17) is 4.74 Å². The maximum Gasteiger partial charge on any atom is 0.268 e. The van der Waals surface area contributed by atoms with E-state index in [0.717, 1.165) is 22.6 Å². The Morgan fingerprint density at radius 2 is 1.91 bits per heavy atom. The van der Waals surface area contributed by atoms with Crippen LogP contribution in [0.1, 0.15) is 21.5 Å². The summed E-state index contributed by atoms with van der Waals surface area (Å²) in [6.45, 7) is 0.768. The zero-order valence-corrected chi connectivity index (χ0v) is 18.3. The van der Waals surface area contributed by atoms with Gasteiger partial charge in [0, 0.05) is 23.4 Å². The highest BCUT2D eigenvalue weighted by Gasteiger charge is 2.59. The van der Waals surface area contributed by atoms with E-state index in [-0.39, 0.29) is 17.4 Å². The fourth-order valence-electron chi connectivity index (χ4n) is 4.46. The lowest BCUT2D eigenvalue weighted by Crippen LogP contribution is -2.50. The van der Waals surface area contributed by atoms with Gasteiger partial charge in [-0.05, 0) is 42.0 Å². The zero-order valence-electron chi connectivity index (χ0n) is 17.5. The molecular weight excluding hydrogens is 427 g/mol. The highest BCUT2D eigenvalue weighted by atomic mass is 32.2. The van der Waals surface area contributed by atoms with Crippen LogP contribution in [0.15, 0.2) is 72.8 Å². The molecule has 0 saturated carbocycles. The van der Waals surface area contributed by atoms with Crippen LogP contribution in [0.2, 0.25) is 0 Å². The molecule has 2 aliphatic rings. The minimum absolute atomic E-state index is 0.159. The third-order valence-corrected chi connectivity index (χ3v) is 7.31. The van der Waals surface area contributed by atoms with Crippen LogP contribution in [0.4, 0.5) is 10.1 Å². The first-order chi connectivity index (χ1) is 15.5. The molecule has 0 unspecified atom stereocenters. The standard InChI is InChI=1S/C25H21FN2O3S/c1-31-20-9-4-6-17(14-20)16-27-22-11-3-2-10-21(22)25(24(27)30)28(12-13-32-25)23(29)18-7-5-8-19(26)15-18/h2-11,14-15H,12-13,16H2,1H3/t25-/m1/s1. The van der Waals surface area contributed by atoms with E-state index in [9.17, 15) is 14.0 Å². The lowest BCUT2D eigenvalue weighted by atomic mass is 10.0. The highest BCUT2D eigenvalue weighted by molar-refractivity contribution is 8.01. The number of carbonyl (C=O) groups excluding carboxylic acids is 2. The van der Waals surface area contributed by atoms with Crippen molar-refractivity contribution in [3.05, 3.63) is 95.3 Å². The molecule has 3 aromatic carbocycles. The molecule has 2 aliphatic heterocycles. The average molecular weight is 449 g/mol. The smallest absolute Gasteiger partial charge is 0.268 e. The summed E-state index contributed by atoms with van der Waals surface area (Å²) < 4.78 is 19.1. The van der Waals surface area contributed by atoms with E-state index in [1.54, 1.807) is 23.0 Å². The van der Waals surface area contributed by atoms with Gasteiger partial charge >= 0.3 is 0 Å². The van der Waals surface area contributed by atoms with E-state index < -0.39 is 10.7 Å². The quantitative estimate of drug-likeness (QED) is 0.593. The molecule has 0 bridgehead atoms. The minimum atomic E-state index is -1.15. The Morgan fingerprint density at radius 3 is 2.72 bits per heavy atom. The van der Waals surface area contributed by atoms with Crippen molar-refractivity contribution in [3.63, 3.8) is 0 Å². The van der Waals surface area contributed by atoms with Crippen LogP contribution in [0, 0.1) is 5.82 Å². The molecule has 2 heterocycles. The van der Waals surface area contributed by atoms with Crippen molar-refractivity contribution in [2.24, 2.45) is 0 Å². The number of hydrogen-bond donors (Lipinski definition) is 0. The minimum Gasteiger partial charge on any atom is -0.497 e. The number of anilines is 1. The van der Waals surface area contributed by atoms with Crippen molar-refractivity contribution >= 4 is 29.3 Å². The van der Waals surface area contributed by atoms with E-state index in [2.05, 4.69) is 0 Å². The number of halogens is 1. The molecule has 2 amide bonds. The number of ether oxygens (including phenoxy) is 1. The second kappa shape index (κ2) is 7.98. The van der Waals surface area contributed by atoms with Crippen LogP contribution in [-0.4, -0.2) is 36.1 Å². The molecule has 1 atom stereocenters.